The molecule has 0 heterocycles. The quantitative estimate of drug-likeness (QED) is 0.738. The van der Waals surface area contributed by atoms with Gasteiger partial charge in [-0.15, -0.1) is 0 Å². The molecule has 0 aromatic heterocycles. The molecule has 0 fully saturated rings. The van der Waals surface area contributed by atoms with Crippen molar-refractivity contribution in [3.63, 3.8) is 0 Å². The van der Waals surface area contributed by atoms with E-state index >= 15 is 0 Å². The highest BCUT2D eigenvalue weighted by atomic mass is 35.5. The molecular formula is C13H19ClN2O4S. The van der Waals surface area contributed by atoms with Gasteiger partial charge in [0.15, 0.2) is 0 Å². The maximum atomic E-state index is 12.0. The van der Waals surface area contributed by atoms with Crippen LogP contribution >= 0.6 is 11.6 Å². The molecule has 0 atom stereocenters. The molecule has 1 aromatic rings. The van der Waals surface area contributed by atoms with E-state index in [4.69, 9.17) is 16.7 Å². The summed E-state index contributed by atoms with van der Waals surface area (Å²) in [6.07, 6.45) is 0.0253. The van der Waals surface area contributed by atoms with Crippen molar-refractivity contribution in [3.05, 3.63) is 29.3 Å². The zero-order valence-electron chi connectivity index (χ0n) is 11.8. The van der Waals surface area contributed by atoms with Gasteiger partial charge in [0.05, 0.1) is 11.6 Å². The Labute approximate surface area is 129 Å². The lowest BCUT2D eigenvalue weighted by atomic mass is 10.3. The van der Waals surface area contributed by atoms with E-state index in [1.54, 1.807) is 19.1 Å². The van der Waals surface area contributed by atoms with Crippen molar-refractivity contribution in [1.29, 1.82) is 0 Å². The molecule has 0 unspecified atom stereocenters. The van der Waals surface area contributed by atoms with Crippen LogP contribution in [0.3, 0.4) is 0 Å². The normalized spacial score (nSPS) is 11.4. The van der Waals surface area contributed by atoms with Crippen molar-refractivity contribution in [2.75, 3.05) is 26.2 Å². The van der Waals surface area contributed by atoms with E-state index in [-0.39, 0.29) is 41.9 Å². The largest absolute Gasteiger partial charge is 0.395 e. The molecule has 0 saturated carbocycles. The molecule has 118 valence electrons. The van der Waals surface area contributed by atoms with Crippen LogP contribution in [0.2, 0.25) is 5.02 Å². The van der Waals surface area contributed by atoms with Crippen LogP contribution in [0.1, 0.15) is 13.3 Å². The van der Waals surface area contributed by atoms with Crippen LogP contribution in [0.4, 0.5) is 0 Å². The number of amides is 1. The summed E-state index contributed by atoms with van der Waals surface area (Å²) in [6, 6.07) is 6.10. The standard InChI is InChI=1S/C13H19ClN2O4S/c1-2-16(9-10-17)13(18)7-8-15-21(19,20)12-6-4-3-5-11(12)14/h3-6,15,17H,2,7-10H2,1H3. The first-order valence-electron chi connectivity index (χ1n) is 6.55. The number of likely N-dealkylation sites (N-methyl/N-ethyl adjacent to an activating group) is 1. The van der Waals surface area contributed by atoms with Gasteiger partial charge in [-0.25, -0.2) is 13.1 Å². The summed E-state index contributed by atoms with van der Waals surface area (Å²) in [5, 5.41) is 8.96. The highest BCUT2D eigenvalue weighted by Gasteiger charge is 2.18. The summed E-state index contributed by atoms with van der Waals surface area (Å²) < 4.78 is 26.4. The third-order valence-corrected chi connectivity index (χ3v) is 4.82. The lowest BCUT2D eigenvalue weighted by molar-refractivity contribution is -0.131. The smallest absolute Gasteiger partial charge is 0.242 e. The Kier molecular flexibility index (Phi) is 7.10. The van der Waals surface area contributed by atoms with Crippen LogP contribution in [0, 0.1) is 0 Å². The zero-order chi connectivity index (χ0) is 15.9. The molecule has 1 aromatic carbocycles. The molecule has 8 heteroatoms. The number of nitrogens with zero attached hydrogens (tertiary/aromatic N) is 1. The van der Waals surface area contributed by atoms with Crippen molar-refractivity contribution in [1.82, 2.24) is 9.62 Å². The zero-order valence-corrected chi connectivity index (χ0v) is 13.3. The Bertz CT molecular complexity index is 577. The van der Waals surface area contributed by atoms with E-state index in [9.17, 15) is 13.2 Å². The van der Waals surface area contributed by atoms with E-state index < -0.39 is 10.0 Å². The Morgan fingerprint density at radius 1 is 1.38 bits per heavy atom. The molecule has 0 aliphatic heterocycles. The minimum absolute atomic E-state index is 0.0122. The average Bonchev–Trinajstić information content (AvgIpc) is 2.44. The number of benzene rings is 1. The molecule has 0 spiro atoms. The maximum Gasteiger partial charge on any atom is 0.242 e. The van der Waals surface area contributed by atoms with Gasteiger partial charge in [-0.05, 0) is 19.1 Å². The summed E-state index contributed by atoms with van der Waals surface area (Å²) in [5.41, 5.74) is 0. The van der Waals surface area contributed by atoms with E-state index in [1.165, 1.54) is 17.0 Å². The van der Waals surface area contributed by atoms with Gasteiger partial charge in [0, 0.05) is 26.1 Å². The monoisotopic (exact) mass is 334 g/mol. The van der Waals surface area contributed by atoms with Crippen LogP contribution < -0.4 is 4.72 Å². The average molecular weight is 335 g/mol. The minimum Gasteiger partial charge on any atom is -0.395 e. The molecule has 0 aliphatic carbocycles. The molecule has 0 saturated heterocycles. The van der Waals surface area contributed by atoms with Gasteiger partial charge in [-0.1, -0.05) is 23.7 Å². The fourth-order valence-corrected chi connectivity index (χ4v) is 3.32. The van der Waals surface area contributed by atoms with Crippen molar-refractivity contribution in [3.8, 4) is 0 Å². The van der Waals surface area contributed by atoms with Gasteiger partial charge in [-0.2, -0.15) is 0 Å². The Morgan fingerprint density at radius 3 is 2.62 bits per heavy atom. The summed E-state index contributed by atoms with van der Waals surface area (Å²) >= 11 is 5.84. The molecule has 1 amide bonds. The van der Waals surface area contributed by atoms with Gasteiger partial charge in [0.1, 0.15) is 4.90 Å². The highest BCUT2D eigenvalue weighted by molar-refractivity contribution is 7.89. The number of rotatable bonds is 8. The van der Waals surface area contributed by atoms with Gasteiger partial charge in [-0.3, -0.25) is 4.79 Å². The minimum atomic E-state index is -3.73. The molecule has 6 nitrogen and oxygen atoms in total. The van der Waals surface area contributed by atoms with E-state index in [2.05, 4.69) is 4.72 Å². The van der Waals surface area contributed by atoms with Crippen molar-refractivity contribution in [2.45, 2.75) is 18.2 Å². The number of aliphatic hydroxyl groups excluding tert-OH is 1. The Morgan fingerprint density at radius 2 is 2.05 bits per heavy atom. The van der Waals surface area contributed by atoms with Gasteiger partial charge in [0.25, 0.3) is 0 Å². The van der Waals surface area contributed by atoms with Crippen LogP contribution in [0.25, 0.3) is 0 Å². The van der Waals surface area contributed by atoms with E-state index in [1.807, 2.05) is 0 Å². The molecule has 0 bridgehead atoms. The first-order valence-corrected chi connectivity index (χ1v) is 8.41. The van der Waals surface area contributed by atoms with Crippen LogP contribution in [-0.2, 0) is 14.8 Å². The van der Waals surface area contributed by atoms with Crippen molar-refractivity contribution >= 4 is 27.5 Å². The molecular weight excluding hydrogens is 316 g/mol. The number of carbonyl (C=O) groups is 1. The predicted octanol–water partition coefficient (Wildman–Crippen LogP) is 0.849. The first-order chi connectivity index (χ1) is 9.92. The predicted molar refractivity (Wildman–Crippen MR) is 80.6 cm³/mol. The van der Waals surface area contributed by atoms with Gasteiger partial charge < -0.3 is 10.0 Å². The van der Waals surface area contributed by atoms with Crippen LogP contribution in [0.5, 0.6) is 0 Å². The number of hydrogen-bond donors (Lipinski definition) is 2. The van der Waals surface area contributed by atoms with Crippen molar-refractivity contribution < 1.29 is 18.3 Å². The lowest BCUT2D eigenvalue weighted by Crippen LogP contribution is -2.36. The maximum absolute atomic E-state index is 12.0. The van der Waals surface area contributed by atoms with Gasteiger partial charge >= 0.3 is 0 Å². The fourth-order valence-electron chi connectivity index (χ4n) is 1.77. The number of halogens is 1. The van der Waals surface area contributed by atoms with Crippen LogP contribution in [-0.4, -0.2) is 50.6 Å². The SMILES string of the molecule is CCN(CCO)C(=O)CCNS(=O)(=O)c1ccccc1Cl. The number of aliphatic hydroxyl groups is 1. The molecule has 0 aliphatic rings. The van der Waals surface area contributed by atoms with E-state index in [0.717, 1.165) is 0 Å². The number of hydrogen-bond acceptors (Lipinski definition) is 4. The topological polar surface area (TPSA) is 86.7 Å². The van der Waals surface area contributed by atoms with Crippen molar-refractivity contribution in [2.24, 2.45) is 0 Å². The third kappa shape index (κ3) is 5.28. The number of carbonyl (C=O) groups excluding carboxylic acids is 1. The molecule has 21 heavy (non-hydrogen) atoms. The summed E-state index contributed by atoms with van der Waals surface area (Å²) in [4.78, 5) is 13.3. The fraction of sp³-hybridized carbons (Fsp3) is 0.462. The molecule has 2 N–H and O–H groups in total. The first kappa shape index (κ1) is 17.9. The third-order valence-electron chi connectivity index (χ3n) is 2.86. The Balaban J connectivity index is 2.59. The Hall–Kier alpha value is -1.15. The summed E-state index contributed by atoms with van der Waals surface area (Å²) in [5.74, 6) is -0.214. The number of sulfonamides is 1. The van der Waals surface area contributed by atoms with E-state index in [0.29, 0.717) is 6.54 Å². The molecule has 0 radical (unpaired) electrons. The second-order valence-electron chi connectivity index (χ2n) is 4.28. The van der Waals surface area contributed by atoms with Crippen LogP contribution in [0.15, 0.2) is 29.2 Å². The summed E-state index contributed by atoms with van der Waals surface area (Å²) in [7, 11) is -3.73. The molecule has 1 rings (SSSR count). The highest BCUT2D eigenvalue weighted by Crippen LogP contribution is 2.19. The second-order valence-corrected chi connectivity index (χ2v) is 6.42. The number of nitrogens with one attached hydrogen (secondary N) is 1. The van der Waals surface area contributed by atoms with Gasteiger partial charge in [0.2, 0.25) is 15.9 Å². The second kappa shape index (κ2) is 8.33. The lowest BCUT2D eigenvalue weighted by Gasteiger charge is -2.19. The summed E-state index contributed by atoms with van der Waals surface area (Å²) in [6.45, 7) is 2.37.